The maximum absolute atomic E-state index is 7.18. The van der Waals surface area contributed by atoms with Gasteiger partial charge in [-0.2, -0.15) is 0 Å². The Balaban J connectivity index is 2.65. The lowest BCUT2D eigenvalue weighted by atomic mass is 10.0. The van der Waals surface area contributed by atoms with Gasteiger partial charge in [0.1, 0.15) is 0 Å². The van der Waals surface area contributed by atoms with Gasteiger partial charge in [0.25, 0.3) is 0 Å². The van der Waals surface area contributed by atoms with Gasteiger partial charge in [-0.3, -0.25) is 4.98 Å². The number of nitrogens with zero attached hydrogens (tertiary/aromatic N) is 1. The number of aromatic nitrogens is 1. The summed E-state index contributed by atoms with van der Waals surface area (Å²) in [6.45, 7) is 3.99. The molecule has 0 saturated carbocycles. The Morgan fingerprint density at radius 1 is 1.31 bits per heavy atom. The van der Waals surface area contributed by atoms with E-state index < -0.39 is 0 Å². The number of fused-ring (bicyclic) bond motifs is 1. The van der Waals surface area contributed by atoms with Crippen molar-refractivity contribution in [2.24, 2.45) is 0 Å². The molecule has 2 heteroatoms. The van der Waals surface area contributed by atoms with Crippen LogP contribution in [-0.4, -0.2) is 11.2 Å². The molecule has 0 atom stereocenters. The number of aryl methyl sites for hydroxylation is 1. The quantitative estimate of drug-likeness (QED) is 0.755. The number of allylic oxidation sites excluding steroid dienone is 1. The van der Waals surface area contributed by atoms with Crippen LogP contribution in [0.25, 0.3) is 17.0 Å². The largest absolute Gasteiger partial charge is 0.308 e. The van der Waals surface area contributed by atoms with Gasteiger partial charge in [-0.1, -0.05) is 24.3 Å². The third-order valence-electron chi connectivity index (χ3n) is 2.68. The molecule has 2 aromatic rings. The van der Waals surface area contributed by atoms with Gasteiger partial charge >= 0.3 is 0 Å². The van der Waals surface area contributed by atoms with Crippen LogP contribution in [0.1, 0.15) is 18.1 Å². The highest BCUT2D eigenvalue weighted by Gasteiger charge is 2.02. The fourth-order valence-electron chi connectivity index (χ4n) is 1.75. The maximum Gasteiger partial charge on any atom is 0.0737 e. The van der Waals surface area contributed by atoms with Crippen molar-refractivity contribution in [3.8, 4) is 0 Å². The third kappa shape index (κ3) is 1.87. The molecule has 1 aromatic carbocycles. The smallest absolute Gasteiger partial charge is 0.0737 e. The zero-order valence-corrected chi connectivity index (χ0v) is 9.49. The number of hydrogen-bond acceptors (Lipinski definition) is 2. The molecule has 0 amide bonds. The summed E-state index contributed by atoms with van der Waals surface area (Å²) in [4.78, 5) is 4.39. The van der Waals surface area contributed by atoms with Gasteiger partial charge in [-0.15, -0.1) is 0 Å². The molecule has 80 valence electrons. The molecule has 0 saturated heterocycles. The highest BCUT2D eigenvalue weighted by Crippen LogP contribution is 2.21. The van der Waals surface area contributed by atoms with Crippen LogP contribution in [0.4, 0.5) is 0 Å². The first-order chi connectivity index (χ1) is 7.72. The molecule has 0 aliphatic rings. The molecule has 1 N–H and O–H groups in total. The minimum Gasteiger partial charge on any atom is -0.308 e. The monoisotopic (exact) mass is 210 g/mol. The normalized spacial score (nSPS) is 11.8. The van der Waals surface area contributed by atoms with E-state index in [1.54, 1.807) is 0 Å². The molecule has 0 radical (unpaired) electrons. The topological polar surface area (TPSA) is 36.7 Å². The zero-order chi connectivity index (χ0) is 11.5. The average Bonchev–Trinajstić information content (AvgIpc) is 2.33. The van der Waals surface area contributed by atoms with Crippen molar-refractivity contribution in [1.82, 2.24) is 4.98 Å². The molecule has 2 nitrogen and oxygen atoms in total. The first-order valence-corrected chi connectivity index (χ1v) is 5.25. The standard InChI is InChI=1S/C14H14N2/c1-10(9-15)8-13-6-5-12-4-3-7-16-14(12)11(13)2/h3-9,15H,1-2H3/b10-8-,15-9?. The molecule has 0 unspecified atom stereocenters. The van der Waals surface area contributed by atoms with E-state index in [1.165, 1.54) is 11.8 Å². The second-order valence-electron chi connectivity index (χ2n) is 3.89. The highest BCUT2D eigenvalue weighted by atomic mass is 14.6. The van der Waals surface area contributed by atoms with Gasteiger partial charge in [0, 0.05) is 17.8 Å². The fraction of sp³-hybridized carbons (Fsp3) is 0.143. The van der Waals surface area contributed by atoms with Crippen molar-refractivity contribution in [2.75, 3.05) is 0 Å². The number of pyridine rings is 1. The molecular formula is C14H14N2. The summed E-state index contributed by atoms with van der Waals surface area (Å²) in [6.07, 6.45) is 5.19. The Morgan fingerprint density at radius 3 is 2.88 bits per heavy atom. The molecule has 1 aromatic heterocycles. The van der Waals surface area contributed by atoms with Gasteiger partial charge in [0.2, 0.25) is 0 Å². The van der Waals surface area contributed by atoms with E-state index in [4.69, 9.17) is 5.41 Å². The average molecular weight is 210 g/mol. The first-order valence-electron chi connectivity index (χ1n) is 5.25. The molecule has 1 heterocycles. The summed E-state index contributed by atoms with van der Waals surface area (Å²) < 4.78 is 0. The van der Waals surface area contributed by atoms with Gasteiger partial charge in [-0.05, 0) is 36.6 Å². The lowest BCUT2D eigenvalue weighted by Crippen LogP contribution is -1.88. The van der Waals surface area contributed by atoms with Crippen LogP contribution >= 0.6 is 0 Å². The molecule has 2 rings (SSSR count). The lowest BCUT2D eigenvalue weighted by Gasteiger charge is -2.05. The van der Waals surface area contributed by atoms with Crippen LogP contribution in [0.2, 0.25) is 0 Å². The Bertz CT molecular complexity index is 568. The van der Waals surface area contributed by atoms with Crippen LogP contribution < -0.4 is 0 Å². The predicted molar refractivity (Wildman–Crippen MR) is 68.9 cm³/mol. The van der Waals surface area contributed by atoms with E-state index in [0.717, 1.165) is 22.0 Å². The summed E-state index contributed by atoms with van der Waals surface area (Å²) >= 11 is 0. The first kappa shape index (κ1) is 10.6. The number of benzene rings is 1. The third-order valence-corrected chi connectivity index (χ3v) is 2.68. The summed E-state index contributed by atoms with van der Waals surface area (Å²) in [5.74, 6) is 0. The van der Waals surface area contributed by atoms with E-state index in [2.05, 4.69) is 30.1 Å². The molecule has 0 aliphatic carbocycles. The van der Waals surface area contributed by atoms with Crippen molar-refractivity contribution in [1.29, 1.82) is 5.41 Å². The fourth-order valence-corrected chi connectivity index (χ4v) is 1.75. The van der Waals surface area contributed by atoms with E-state index in [-0.39, 0.29) is 0 Å². The van der Waals surface area contributed by atoms with E-state index in [1.807, 2.05) is 25.3 Å². The van der Waals surface area contributed by atoms with E-state index in [9.17, 15) is 0 Å². The van der Waals surface area contributed by atoms with Crippen LogP contribution in [-0.2, 0) is 0 Å². The Kier molecular flexibility index (Phi) is 2.82. The second kappa shape index (κ2) is 4.27. The van der Waals surface area contributed by atoms with Crippen LogP contribution in [0.5, 0.6) is 0 Å². The van der Waals surface area contributed by atoms with E-state index in [0.29, 0.717) is 0 Å². The number of hydrogen-bond donors (Lipinski definition) is 1. The molecule has 0 spiro atoms. The van der Waals surface area contributed by atoms with Crippen LogP contribution in [0.3, 0.4) is 0 Å². The Labute approximate surface area is 95.2 Å². The summed E-state index contributed by atoms with van der Waals surface area (Å²) in [5, 5.41) is 8.34. The Hall–Kier alpha value is -1.96. The van der Waals surface area contributed by atoms with Crippen LogP contribution in [0.15, 0.2) is 36.0 Å². The van der Waals surface area contributed by atoms with Crippen molar-refractivity contribution in [2.45, 2.75) is 13.8 Å². The van der Waals surface area contributed by atoms with Gasteiger partial charge in [0.15, 0.2) is 0 Å². The maximum atomic E-state index is 7.18. The van der Waals surface area contributed by atoms with Gasteiger partial charge in [-0.25, -0.2) is 0 Å². The minimum atomic E-state index is 0.943. The highest BCUT2D eigenvalue weighted by molar-refractivity contribution is 5.88. The summed E-state index contributed by atoms with van der Waals surface area (Å²) in [5.41, 5.74) is 4.28. The van der Waals surface area contributed by atoms with Crippen molar-refractivity contribution in [3.63, 3.8) is 0 Å². The van der Waals surface area contributed by atoms with E-state index >= 15 is 0 Å². The van der Waals surface area contributed by atoms with Crippen LogP contribution in [0, 0.1) is 12.3 Å². The second-order valence-corrected chi connectivity index (χ2v) is 3.89. The predicted octanol–water partition coefficient (Wildman–Crippen LogP) is 3.60. The Morgan fingerprint density at radius 2 is 2.12 bits per heavy atom. The SMILES string of the molecule is C/C(C=N)=C/c1ccc2cccnc2c1C. The molecular weight excluding hydrogens is 196 g/mol. The molecule has 0 fully saturated rings. The zero-order valence-electron chi connectivity index (χ0n) is 9.49. The molecule has 0 aliphatic heterocycles. The minimum absolute atomic E-state index is 0.943. The number of rotatable bonds is 2. The van der Waals surface area contributed by atoms with Crippen molar-refractivity contribution in [3.05, 3.63) is 47.2 Å². The summed E-state index contributed by atoms with van der Waals surface area (Å²) in [7, 11) is 0. The lowest BCUT2D eigenvalue weighted by molar-refractivity contribution is 1.36. The molecule has 16 heavy (non-hydrogen) atoms. The van der Waals surface area contributed by atoms with Gasteiger partial charge < -0.3 is 5.41 Å². The van der Waals surface area contributed by atoms with Gasteiger partial charge in [0.05, 0.1) is 5.52 Å². The van der Waals surface area contributed by atoms with Crippen molar-refractivity contribution < 1.29 is 0 Å². The summed E-state index contributed by atoms with van der Waals surface area (Å²) in [6, 6.07) is 8.15. The molecule has 0 bridgehead atoms. The number of nitrogens with one attached hydrogen (secondary N) is 1. The van der Waals surface area contributed by atoms with Crippen molar-refractivity contribution >= 4 is 23.2 Å².